The van der Waals surface area contributed by atoms with E-state index in [1.807, 2.05) is 42.5 Å². The molecular weight excluding hydrogens is 320 g/mol. The Hall–Kier alpha value is -2.99. The first kappa shape index (κ1) is 15.9. The van der Waals surface area contributed by atoms with E-state index in [4.69, 9.17) is 0 Å². The molecule has 0 saturated heterocycles. The Bertz CT molecular complexity index is 838. The number of carbonyl (C=O) groups excluding carboxylic acids is 1. The molecule has 3 rings (SSSR count). The lowest BCUT2D eigenvalue weighted by atomic mass is 10.3. The van der Waals surface area contributed by atoms with Crippen molar-refractivity contribution < 1.29 is 4.79 Å². The van der Waals surface area contributed by atoms with Crippen molar-refractivity contribution in [3.05, 3.63) is 78.9 Å². The van der Waals surface area contributed by atoms with Gasteiger partial charge < -0.3 is 5.32 Å². The second kappa shape index (κ2) is 8.03. The number of carbonyl (C=O) groups is 1. The summed E-state index contributed by atoms with van der Waals surface area (Å²) in [5.74, 6) is -0.222. The van der Waals surface area contributed by atoms with Crippen molar-refractivity contribution in [2.45, 2.75) is 10.1 Å². The number of amides is 1. The maximum Gasteiger partial charge on any atom is 0.248 e. The highest BCUT2D eigenvalue weighted by atomic mass is 32.2. The highest BCUT2D eigenvalue weighted by Crippen LogP contribution is 2.25. The third-order valence-electron chi connectivity index (χ3n) is 2.94. The van der Waals surface area contributed by atoms with Gasteiger partial charge in [0.25, 0.3) is 0 Å². The normalized spacial score (nSPS) is 10.7. The number of anilines is 1. The van der Waals surface area contributed by atoms with Crippen molar-refractivity contribution >= 4 is 29.4 Å². The highest BCUT2D eigenvalue weighted by molar-refractivity contribution is 7.99. The lowest BCUT2D eigenvalue weighted by Crippen LogP contribution is -2.07. The van der Waals surface area contributed by atoms with Crippen LogP contribution in [-0.4, -0.2) is 20.9 Å². The van der Waals surface area contributed by atoms with Crippen LogP contribution in [-0.2, 0) is 4.79 Å². The molecule has 0 aliphatic rings. The minimum Gasteiger partial charge on any atom is -0.322 e. The number of hydrogen-bond donors (Lipinski definition) is 1. The van der Waals surface area contributed by atoms with Gasteiger partial charge in [-0.2, -0.15) is 0 Å². The van der Waals surface area contributed by atoms with Crippen LogP contribution in [0.4, 0.5) is 5.69 Å². The molecule has 0 spiro atoms. The molecule has 0 saturated carbocycles. The van der Waals surface area contributed by atoms with Crippen molar-refractivity contribution in [2.75, 3.05) is 5.32 Å². The number of hydrogen-bond acceptors (Lipinski definition) is 5. The molecular formula is C18H14N4OS. The van der Waals surface area contributed by atoms with Crippen LogP contribution in [0, 0.1) is 0 Å². The Morgan fingerprint density at radius 1 is 0.917 bits per heavy atom. The van der Waals surface area contributed by atoms with Crippen LogP contribution in [0.3, 0.4) is 0 Å². The van der Waals surface area contributed by atoms with Gasteiger partial charge >= 0.3 is 0 Å². The predicted octanol–water partition coefficient (Wildman–Crippen LogP) is 3.67. The molecule has 1 N–H and O–H groups in total. The van der Waals surface area contributed by atoms with Gasteiger partial charge in [-0.05, 0) is 42.5 Å². The molecule has 0 radical (unpaired) electrons. The van der Waals surface area contributed by atoms with Gasteiger partial charge in [-0.25, -0.2) is 9.97 Å². The van der Waals surface area contributed by atoms with Crippen molar-refractivity contribution in [3.8, 4) is 0 Å². The number of pyridine rings is 3. The molecule has 0 aliphatic heterocycles. The summed E-state index contributed by atoms with van der Waals surface area (Å²) in [5.41, 5.74) is 1.41. The van der Waals surface area contributed by atoms with Gasteiger partial charge in [-0.1, -0.05) is 23.9 Å². The lowest BCUT2D eigenvalue weighted by molar-refractivity contribution is -0.111. The van der Waals surface area contributed by atoms with E-state index in [0.29, 0.717) is 5.69 Å². The van der Waals surface area contributed by atoms with E-state index in [1.165, 1.54) is 17.8 Å². The Kier molecular flexibility index (Phi) is 5.32. The molecule has 3 aromatic heterocycles. The number of nitrogens with zero attached hydrogens (tertiary/aromatic N) is 3. The average molecular weight is 334 g/mol. The Labute approximate surface area is 143 Å². The summed E-state index contributed by atoms with van der Waals surface area (Å²) in [4.78, 5) is 24.6. The van der Waals surface area contributed by atoms with Gasteiger partial charge in [0.05, 0.1) is 5.69 Å². The monoisotopic (exact) mass is 334 g/mol. The van der Waals surface area contributed by atoms with Crippen LogP contribution in [0.5, 0.6) is 0 Å². The molecule has 5 nitrogen and oxygen atoms in total. The third kappa shape index (κ3) is 4.76. The second-order valence-corrected chi connectivity index (χ2v) is 5.77. The Morgan fingerprint density at radius 3 is 2.46 bits per heavy atom. The van der Waals surface area contributed by atoms with Crippen molar-refractivity contribution in [1.82, 2.24) is 15.0 Å². The van der Waals surface area contributed by atoms with E-state index in [-0.39, 0.29) is 5.91 Å². The topological polar surface area (TPSA) is 67.8 Å². The fraction of sp³-hybridized carbons (Fsp3) is 0. The first-order valence-electron chi connectivity index (χ1n) is 7.25. The zero-order valence-corrected chi connectivity index (χ0v) is 13.5. The zero-order valence-electron chi connectivity index (χ0n) is 12.7. The van der Waals surface area contributed by atoms with E-state index < -0.39 is 0 Å². The summed E-state index contributed by atoms with van der Waals surface area (Å²) in [6.07, 6.45) is 8.19. The molecule has 3 heterocycles. The lowest BCUT2D eigenvalue weighted by Gasteiger charge is -2.04. The van der Waals surface area contributed by atoms with Gasteiger partial charge in [0.2, 0.25) is 5.91 Å². The van der Waals surface area contributed by atoms with E-state index in [1.54, 1.807) is 30.7 Å². The minimum absolute atomic E-state index is 0.222. The highest BCUT2D eigenvalue weighted by Gasteiger charge is 2.03. The summed E-state index contributed by atoms with van der Waals surface area (Å²) in [6.45, 7) is 0. The largest absolute Gasteiger partial charge is 0.322 e. The summed E-state index contributed by atoms with van der Waals surface area (Å²) < 4.78 is 0. The fourth-order valence-electron chi connectivity index (χ4n) is 1.88. The second-order valence-electron chi connectivity index (χ2n) is 4.73. The standard InChI is InChI=1S/C18H14N4OS/c23-16(8-7-14-5-1-3-10-19-14)22-15-9-12-21-18(13-15)24-17-6-2-4-11-20-17/h1-13H,(H,21,22,23)/b8-7-. The van der Waals surface area contributed by atoms with Crippen LogP contribution in [0.25, 0.3) is 6.08 Å². The van der Waals surface area contributed by atoms with Crippen LogP contribution in [0.2, 0.25) is 0 Å². The molecule has 0 aromatic carbocycles. The molecule has 6 heteroatoms. The maximum atomic E-state index is 12.0. The molecule has 1 amide bonds. The van der Waals surface area contributed by atoms with Crippen molar-refractivity contribution in [3.63, 3.8) is 0 Å². The molecule has 0 aliphatic carbocycles. The first-order chi connectivity index (χ1) is 11.8. The Morgan fingerprint density at radius 2 is 1.71 bits per heavy atom. The van der Waals surface area contributed by atoms with Crippen molar-refractivity contribution in [2.24, 2.45) is 0 Å². The number of aromatic nitrogens is 3. The number of rotatable bonds is 5. The molecule has 0 atom stereocenters. The number of nitrogens with one attached hydrogen (secondary N) is 1. The molecule has 3 aromatic rings. The third-order valence-corrected chi connectivity index (χ3v) is 3.83. The summed E-state index contributed by atoms with van der Waals surface area (Å²) in [5, 5.41) is 4.43. The van der Waals surface area contributed by atoms with Gasteiger partial charge in [-0.15, -0.1) is 0 Å². The average Bonchev–Trinajstić information content (AvgIpc) is 2.62. The molecule has 0 unspecified atom stereocenters. The quantitative estimate of drug-likeness (QED) is 0.721. The van der Waals surface area contributed by atoms with Gasteiger partial charge in [-0.3, -0.25) is 9.78 Å². The van der Waals surface area contributed by atoms with Gasteiger partial charge in [0, 0.05) is 30.4 Å². The maximum absolute atomic E-state index is 12.0. The minimum atomic E-state index is -0.222. The van der Waals surface area contributed by atoms with Crippen LogP contribution in [0.15, 0.2) is 83.2 Å². The van der Waals surface area contributed by atoms with Crippen LogP contribution < -0.4 is 5.32 Å². The van der Waals surface area contributed by atoms with Crippen LogP contribution in [0.1, 0.15) is 5.69 Å². The van der Waals surface area contributed by atoms with Gasteiger partial charge in [0.1, 0.15) is 10.1 Å². The Balaban J connectivity index is 1.64. The van der Waals surface area contributed by atoms with Crippen molar-refractivity contribution in [1.29, 1.82) is 0 Å². The smallest absolute Gasteiger partial charge is 0.248 e. The molecule has 118 valence electrons. The van der Waals surface area contributed by atoms with E-state index in [2.05, 4.69) is 20.3 Å². The van der Waals surface area contributed by atoms with E-state index >= 15 is 0 Å². The van der Waals surface area contributed by atoms with E-state index in [0.717, 1.165) is 15.7 Å². The van der Waals surface area contributed by atoms with E-state index in [9.17, 15) is 4.79 Å². The summed E-state index contributed by atoms with van der Waals surface area (Å²) in [6, 6.07) is 14.8. The molecule has 0 bridgehead atoms. The first-order valence-corrected chi connectivity index (χ1v) is 8.06. The molecule has 0 fully saturated rings. The fourth-order valence-corrected chi connectivity index (χ4v) is 2.65. The SMILES string of the molecule is O=C(/C=C\c1ccccn1)Nc1ccnc(Sc2ccccn2)c1. The zero-order chi connectivity index (χ0) is 16.6. The van der Waals surface area contributed by atoms with Gasteiger partial charge in [0.15, 0.2) is 0 Å². The summed E-state index contributed by atoms with van der Waals surface area (Å²) in [7, 11) is 0. The van der Waals surface area contributed by atoms with Crippen LogP contribution >= 0.6 is 11.8 Å². The summed E-state index contributed by atoms with van der Waals surface area (Å²) >= 11 is 1.44. The predicted molar refractivity (Wildman–Crippen MR) is 94.5 cm³/mol. The molecule has 24 heavy (non-hydrogen) atoms.